The van der Waals surface area contributed by atoms with Crippen LogP contribution in [0.2, 0.25) is 0 Å². The molecule has 0 saturated carbocycles. The van der Waals surface area contributed by atoms with Crippen molar-refractivity contribution >= 4 is 17.0 Å². The summed E-state index contributed by atoms with van der Waals surface area (Å²) in [7, 11) is 2.15. The molecule has 8 nitrogen and oxygen atoms in total. The van der Waals surface area contributed by atoms with E-state index in [1.165, 1.54) is 10.7 Å². The normalized spacial score (nSPS) is 13.9. The van der Waals surface area contributed by atoms with Gasteiger partial charge in [-0.05, 0) is 68.7 Å². The van der Waals surface area contributed by atoms with Gasteiger partial charge in [0, 0.05) is 17.2 Å². The highest BCUT2D eigenvalue weighted by Gasteiger charge is 2.17. The molecule has 5 rings (SSSR count). The summed E-state index contributed by atoms with van der Waals surface area (Å²) >= 11 is 0. The third-order valence-corrected chi connectivity index (χ3v) is 6.62. The molecule has 0 atom stereocenters. The topological polar surface area (TPSA) is 96.9 Å². The van der Waals surface area contributed by atoms with E-state index in [-0.39, 0.29) is 22.5 Å². The molecule has 0 radical (unpaired) electrons. The largest absolute Gasteiger partial charge is 0.490 e. The predicted molar refractivity (Wildman–Crippen MR) is 151 cm³/mol. The van der Waals surface area contributed by atoms with E-state index < -0.39 is 0 Å². The molecule has 1 saturated heterocycles. The lowest BCUT2D eigenvalue weighted by Crippen LogP contribution is -2.32. The fraction of sp³-hybridized carbons (Fsp3) is 0.276. The Labute approximate surface area is 232 Å². The molecule has 4 aromatic rings. The van der Waals surface area contributed by atoms with E-state index >= 15 is 0 Å². The molecular formula is C29H29BrN6O2. The number of ether oxygens (including phenoxy) is 1. The second kappa shape index (κ2) is 12.6. The highest BCUT2D eigenvalue weighted by molar-refractivity contribution is 8.93. The Morgan fingerprint density at radius 2 is 1.74 bits per heavy atom. The van der Waals surface area contributed by atoms with Gasteiger partial charge in [0.2, 0.25) is 0 Å². The van der Waals surface area contributed by atoms with Gasteiger partial charge in [0.25, 0.3) is 5.56 Å². The van der Waals surface area contributed by atoms with Crippen LogP contribution in [0.1, 0.15) is 24.0 Å². The first kappa shape index (κ1) is 27.2. The first-order chi connectivity index (χ1) is 18.1. The van der Waals surface area contributed by atoms with Gasteiger partial charge in [0.05, 0.1) is 42.9 Å². The van der Waals surface area contributed by atoms with Crippen molar-refractivity contribution in [1.29, 1.82) is 5.26 Å². The predicted octanol–water partition coefficient (Wildman–Crippen LogP) is 4.59. The van der Waals surface area contributed by atoms with Crippen LogP contribution in [-0.2, 0) is 6.54 Å². The van der Waals surface area contributed by atoms with E-state index in [0.29, 0.717) is 41.9 Å². The number of nitriles is 1. The number of halogens is 1. The number of piperidine rings is 1. The van der Waals surface area contributed by atoms with Crippen molar-refractivity contribution in [3.8, 4) is 34.5 Å². The average Bonchev–Trinajstić information content (AvgIpc) is 2.94. The molecule has 0 aliphatic carbocycles. The fourth-order valence-electron chi connectivity index (χ4n) is 4.43. The molecule has 0 spiro atoms. The number of rotatable bonds is 7. The van der Waals surface area contributed by atoms with Gasteiger partial charge in [-0.15, -0.1) is 17.0 Å². The summed E-state index contributed by atoms with van der Waals surface area (Å²) in [5, 5.41) is 13.7. The molecule has 194 valence electrons. The van der Waals surface area contributed by atoms with Crippen LogP contribution in [0.25, 0.3) is 22.6 Å². The number of likely N-dealkylation sites (tertiary alicyclic amines) is 1. The van der Waals surface area contributed by atoms with Crippen molar-refractivity contribution in [2.75, 3.05) is 26.7 Å². The van der Waals surface area contributed by atoms with Crippen LogP contribution in [0, 0.1) is 17.2 Å². The van der Waals surface area contributed by atoms with Gasteiger partial charge in [0.1, 0.15) is 0 Å². The second-order valence-corrected chi connectivity index (χ2v) is 9.41. The fourth-order valence-corrected chi connectivity index (χ4v) is 4.43. The highest BCUT2D eigenvalue weighted by Crippen LogP contribution is 2.21. The number of aromatic nitrogens is 4. The van der Waals surface area contributed by atoms with Crippen LogP contribution in [0.15, 0.2) is 77.9 Å². The number of hydrogen-bond donors (Lipinski definition) is 0. The Morgan fingerprint density at radius 3 is 2.50 bits per heavy atom. The summed E-state index contributed by atoms with van der Waals surface area (Å²) in [6, 6.07) is 20.3. The minimum absolute atomic E-state index is 0. The zero-order valence-electron chi connectivity index (χ0n) is 21.2. The van der Waals surface area contributed by atoms with Crippen molar-refractivity contribution in [3.63, 3.8) is 0 Å². The van der Waals surface area contributed by atoms with Gasteiger partial charge in [-0.3, -0.25) is 4.79 Å². The number of hydrogen-bond acceptors (Lipinski definition) is 7. The van der Waals surface area contributed by atoms with Crippen LogP contribution in [0.3, 0.4) is 0 Å². The monoisotopic (exact) mass is 572 g/mol. The molecule has 0 N–H and O–H groups in total. The SMILES string of the molecule is Br.CN1CCC(COc2cnc(-c3cccc(Cn4nc(-c5cccc(C#N)c5)ccc4=O)c3)nc2)CC1. The Balaban J connectivity index is 0.00000336. The molecule has 2 aromatic carbocycles. The van der Waals surface area contributed by atoms with Crippen LogP contribution >= 0.6 is 17.0 Å². The van der Waals surface area contributed by atoms with Gasteiger partial charge < -0.3 is 9.64 Å². The Hall–Kier alpha value is -3.87. The molecule has 0 bridgehead atoms. The van der Waals surface area contributed by atoms with Crippen LogP contribution in [0.4, 0.5) is 0 Å². The highest BCUT2D eigenvalue weighted by atomic mass is 79.9. The molecule has 3 heterocycles. The van der Waals surface area contributed by atoms with Gasteiger partial charge in [-0.25, -0.2) is 14.6 Å². The third-order valence-electron chi connectivity index (χ3n) is 6.62. The maximum absolute atomic E-state index is 12.5. The molecule has 1 aliphatic rings. The zero-order valence-corrected chi connectivity index (χ0v) is 22.9. The molecule has 1 fully saturated rings. The van der Waals surface area contributed by atoms with Gasteiger partial charge in [-0.2, -0.15) is 10.4 Å². The maximum atomic E-state index is 12.5. The minimum atomic E-state index is -0.201. The van der Waals surface area contributed by atoms with E-state index in [9.17, 15) is 10.1 Å². The quantitative estimate of drug-likeness (QED) is 0.319. The zero-order chi connectivity index (χ0) is 25.6. The molecule has 38 heavy (non-hydrogen) atoms. The van der Waals surface area contributed by atoms with E-state index in [4.69, 9.17) is 4.74 Å². The van der Waals surface area contributed by atoms with Crippen molar-refractivity contribution < 1.29 is 4.74 Å². The van der Waals surface area contributed by atoms with Crippen molar-refractivity contribution in [2.24, 2.45) is 5.92 Å². The van der Waals surface area contributed by atoms with Crippen LogP contribution in [0.5, 0.6) is 5.75 Å². The van der Waals surface area contributed by atoms with Crippen molar-refractivity contribution in [2.45, 2.75) is 19.4 Å². The van der Waals surface area contributed by atoms with Gasteiger partial charge >= 0.3 is 0 Å². The summed E-state index contributed by atoms with van der Waals surface area (Å²) in [6.07, 6.45) is 5.73. The maximum Gasteiger partial charge on any atom is 0.267 e. The standard InChI is InChI=1S/C29H28N6O2.BrH/c1-34-12-10-21(11-13-34)20-37-26-17-31-29(32-18-26)25-7-3-5-23(15-25)19-35-28(36)9-8-27(33-35)24-6-2-4-22(14-24)16-30;/h2-9,14-15,17-18,21H,10-13,19-20H2,1H3;1H. The summed E-state index contributed by atoms with van der Waals surface area (Å²) in [5.41, 5.74) is 3.52. The minimum Gasteiger partial charge on any atom is -0.490 e. The van der Waals surface area contributed by atoms with E-state index in [1.54, 1.807) is 36.7 Å². The first-order valence-electron chi connectivity index (χ1n) is 12.4. The first-order valence-corrected chi connectivity index (χ1v) is 12.4. The summed E-state index contributed by atoms with van der Waals surface area (Å²) in [4.78, 5) is 23.9. The van der Waals surface area contributed by atoms with Crippen molar-refractivity contribution in [1.82, 2.24) is 24.6 Å². The average molecular weight is 573 g/mol. The molecule has 2 aromatic heterocycles. The summed E-state index contributed by atoms with van der Waals surface area (Å²) in [5.74, 6) is 1.83. The molecule has 0 unspecified atom stereocenters. The lowest BCUT2D eigenvalue weighted by atomic mass is 9.98. The molecule has 9 heteroatoms. The Kier molecular flexibility index (Phi) is 9.00. The summed E-state index contributed by atoms with van der Waals surface area (Å²) < 4.78 is 7.37. The molecule has 1 aliphatic heterocycles. The smallest absolute Gasteiger partial charge is 0.267 e. The van der Waals surface area contributed by atoms with E-state index in [2.05, 4.69) is 33.1 Å². The van der Waals surface area contributed by atoms with E-state index in [0.717, 1.165) is 42.6 Å². The Bertz CT molecular complexity index is 1470. The van der Waals surface area contributed by atoms with E-state index in [1.807, 2.05) is 30.3 Å². The lowest BCUT2D eigenvalue weighted by molar-refractivity contribution is 0.159. The molecule has 0 amide bonds. The van der Waals surface area contributed by atoms with Crippen LogP contribution < -0.4 is 10.3 Å². The van der Waals surface area contributed by atoms with Crippen LogP contribution in [-0.4, -0.2) is 51.4 Å². The second-order valence-electron chi connectivity index (χ2n) is 9.41. The summed E-state index contributed by atoms with van der Waals surface area (Å²) in [6.45, 7) is 3.21. The van der Waals surface area contributed by atoms with Gasteiger partial charge in [0.15, 0.2) is 11.6 Å². The Morgan fingerprint density at radius 1 is 1.00 bits per heavy atom. The number of benzene rings is 2. The third kappa shape index (κ3) is 6.71. The lowest BCUT2D eigenvalue weighted by Gasteiger charge is -2.28. The van der Waals surface area contributed by atoms with Crippen molar-refractivity contribution in [3.05, 3.63) is 94.5 Å². The molecular weight excluding hydrogens is 544 g/mol. The van der Waals surface area contributed by atoms with Gasteiger partial charge in [-0.1, -0.05) is 30.3 Å². The number of nitrogens with zero attached hydrogens (tertiary/aromatic N) is 6.